The molecule has 3 nitrogen and oxygen atoms in total. The van der Waals surface area contributed by atoms with Gasteiger partial charge < -0.3 is 5.32 Å². The molecule has 0 heterocycles. The van der Waals surface area contributed by atoms with Crippen LogP contribution in [0.5, 0.6) is 0 Å². The highest BCUT2D eigenvalue weighted by atomic mass is 32.2. The van der Waals surface area contributed by atoms with Crippen LogP contribution in [0.15, 0.2) is 0 Å². The minimum atomic E-state index is -2.80. The van der Waals surface area contributed by atoms with E-state index in [0.29, 0.717) is 6.54 Å². The van der Waals surface area contributed by atoms with Gasteiger partial charge in [0.2, 0.25) is 0 Å². The van der Waals surface area contributed by atoms with E-state index in [0.717, 1.165) is 6.54 Å². The van der Waals surface area contributed by atoms with Crippen LogP contribution in [0.4, 0.5) is 0 Å². The summed E-state index contributed by atoms with van der Waals surface area (Å²) in [6.45, 7) is 7.74. The Kier molecular flexibility index (Phi) is 4.20. The molecule has 0 aromatic rings. The Hall–Kier alpha value is -0.0900. The zero-order chi connectivity index (χ0) is 9.83. The first-order valence-electron chi connectivity index (χ1n) is 4.09. The minimum absolute atomic E-state index is 0.220. The van der Waals surface area contributed by atoms with Crippen LogP contribution in [0.25, 0.3) is 0 Å². The van der Waals surface area contributed by atoms with Gasteiger partial charge in [-0.05, 0) is 5.41 Å². The summed E-state index contributed by atoms with van der Waals surface area (Å²) in [7, 11) is -2.80. The Morgan fingerprint density at radius 2 is 1.75 bits per heavy atom. The summed E-state index contributed by atoms with van der Waals surface area (Å²) >= 11 is 0. The van der Waals surface area contributed by atoms with Crippen LogP contribution in [0, 0.1) is 5.41 Å². The Labute approximate surface area is 75.5 Å². The van der Waals surface area contributed by atoms with E-state index in [9.17, 15) is 8.42 Å². The van der Waals surface area contributed by atoms with Gasteiger partial charge in [-0.2, -0.15) is 0 Å². The second kappa shape index (κ2) is 4.23. The first-order valence-corrected chi connectivity index (χ1v) is 6.15. The monoisotopic (exact) mass is 193 g/mol. The average Bonchev–Trinajstić information content (AvgIpc) is 1.76. The molecule has 0 aromatic heterocycles. The standard InChI is InChI=1S/C8H19NO2S/c1-8(2,3)7-9-5-6-12(4,10)11/h9H,5-7H2,1-4H3. The Bertz CT molecular complexity index is 214. The fraction of sp³-hybridized carbons (Fsp3) is 1.00. The molecule has 0 bridgehead atoms. The third kappa shape index (κ3) is 9.91. The van der Waals surface area contributed by atoms with Gasteiger partial charge in [0, 0.05) is 19.3 Å². The van der Waals surface area contributed by atoms with E-state index in [2.05, 4.69) is 26.1 Å². The fourth-order valence-corrected chi connectivity index (χ4v) is 1.24. The third-order valence-corrected chi connectivity index (χ3v) is 2.25. The largest absolute Gasteiger partial charge is 0.315 e. The molecule has 0 aliphatic heterocycles. The first-order chi connectivity index (χ1) is 5.21. The summed E-state index contributed by atoms with van der Waals surface area (Å²) in [5.74, 6) is 0.225. The van der Waals surface area contributed by atoms with Gasteiger partial charge in [-0.3, -0.25) is 0 Å². The van der Waals surface area contributed by atoms with Crippen LogP contribution >= 0.6 is 0 Å². The second-order valence-corrected chi connectivity index (χ2v) is 6.63. The van der Waals surface area contributed by atoms with Crippen molar-refractivity contribution in [3.63, 3.8) is 0 Å². The molecule has 0 saturated heterocycles. The summed E-state index contributed by atoms with van der Waals surface area (Å²) in [5, 5.41) is 3.10. The van der Waals surface area contributed by atoms with Crippen molar-refractivity contribution in [2.45, 2.75) is 20.8 Å². The molecule has 12 heavy (non-hydrogen) atoms. The van der Waals surface area contributed by atoms with Crippen LogP contribution in [-0.2, 0) is 9.84 Å². The lowest BCUT2D eigenvalue weighted by atomic mass is 9.97. The van der Waals surface area contributed by atoms with Gasteiger partial charge in [0.25, 0.3) is 0 Å². The molecule has 0 aliphatic rings. The van der Waals surface area contributed by atoms with Crippen molar-refractivity contribution in [3.05, 3.63) is 0 Å². The normalized spacial score (nSPS) is 13.3. The van der Waals surface area contributed by atoms with Gasteiger partial charge in [0.1, 0.15) is 9.84 Å². The third-order valence-electron chi connectivity index (χ3n) is 1.30. The number of hydrogen-bond donors (Lipinski definition) is 1. The maximum Gasteiger partial charge on any atom is 0.148 e. The fourth-order valence-electron chi connectivity index (χ4n) is 0.721. The lowest BCUT2D eigenvalue weighted by Crippen LogP contribution is -2.30. The molecule has 0 fully saturated rings. The molecule has 0 rings (SSSR count). The average molecular weight is 193 g/mol. The minimum Gasteiger partial charge on any atom is -0.315 e. The zero-order valence-electron chi connectivity index (χ0n) is 8.35. The molecule has 74 valence electrons. The number of sulfone groups is 1. The molecule has 0 aromatic carbocycles. The topological polar surface area (TPSA) is 46.2 Å². The lowest BCUT2D eigenvalue weighted by molar-refractivity contribution is 0.385. The van der Waals surface area contributed by atoms with Crippen LogP contribution in [0.3, 0.4) is 0 Å². The lowest BCUT2D eigenvalue weighted by Gasteiger charge is -2.18. The molecular weight excluding hydrogens is 174 g/mol. The number of nitrogens with one attached hydrogen (secondary N) is 1. The Balaban J connectivity index is 3.48. The number of rotatable bonds is 4. The predicted octanol–water partition coefficient (Wildman–Crippen LogP) is 0.667. The summed E-state index contributed by atoms with van der Waals surface area (Å²) in [5.41, 5.74) is 0.220. The second-order valence-electron chi connectivity index (χ2n) is 4.37. The van der Waals surface area contributed by atoms with Crippen LogP contribution in [0.2, 0.25) is 0 Å². The van der Waals surface area contributed by atoms with Crippen LogP contribution in [0.1, 0.15) is 20.8 Å². The molecule has 0 spiro atoms. The van der Waals surface area contributed by atoms with E-state index in [1.165, 1.54) is 6.26 Å². The van der Waals surface area contributed by atoms with Gasteiger partial charge in [-0.1, -0.05) is 20.8 Å². The van der Waals surface area contributed by atoms with Crippen molar-refractivity contribution in [3.8, 4) is 0 Å². The van der Waals surface area contributed by atoms with Gasteiger partial charge >= 0.3 is 0 Å². The summed E-state index contributed by atoms with van der Waals surface area (Å²) in [6, 6.07) is 0. The van der Waals surface area contributed by atoms with E-state index in [1.807, 2.05) is 0 Å². The SMILES string of the molecule is CC(C)(C)CNCCS(C)(=O)=O. The highest BCUT2D eigenvalue weighted by Gasteiger charge is 2.09. The van der Waals surface area contributed by atoms with E-state index in [1.54, 1.807) is 0 Å². The molecule has 0 unspecified atom stereocenters. The first kappa shape index (κ1) is 11.9. The maximum atomic E-state index is 10.7. The van der Waals surface area contributed by atoms with Crippen molar-refractivity contribution in [1.82, 2.24) is 5.32 Å². The van der Waals surface area contributed by atoms with Gasteiger partial charge in [0.05, 0.1) is 5.75 Å². The molecular formula is C8H19NO2S. The summed E-state index contributed by atoms with van der Waals surface area (Å²) in [4.78, 5) is 0. The van der Waals surface area contributed by atoms with E-state index < -0.39 is 9.84 Å². The smallest absolute Gasteiger partial charge is 0.148 e. The van der Waals surface area contributed by atoms with Crippen LogP contribution in [-0.4, -0.2) is 33.5 Å². The van der Waals surface area contributed by atoms with E-state index in [-0.39, 0.29) is 11.2 Å². The molecule has 0 atom stereocenters. The van der Waals surface area contributed by atoms with Crippen molar-refractivity contribution in [2.24, 2.45) is 5.41 Å². The Morgan fingerprint density at radius 3 is 2.08 bits per heavy atom. The van der Waals surface area contributed by atoms with Crippen molar-refractivity contribution in [1.29, 1.82) is 0 Å². The maximum absolute atomic E-state index is 10.7. The van der Waals surface area contributed by atoms with E-state index >= 15 is 0 Å². The highest BCUT2D eigenvalue weighted by molar-refractivity contribution is 7.90. The van der Waals surface area contributed by atoms with Crippen molar-refractivity contribution >= 4 is 9.84 Å². The molecule has 4 heteroatoms. The van der Waals surface area contributed by atoms with E-state index in [4.69, 9.17) is 0 Å². The zero-order valence-corrected chi connectivity index (χ0v) is 9.16. The van der Waals surface area contributed by atoms with Gasteiger partial charge in [-0.15, -0.1) is 0 Å². The van der Waals surface area contributed by atoms with Gasteiger partial charge in [0.15, 0.2) is 0 Å². The molecule has 0 amide bonds. The Morgan fingerprint density at radius 1 is 1.25 bits per heavy atom. The molecule has 0 radical (unpaired) electrons. The summed E-state index contributed by atoms with van der Waals surface area (Å²) in [6.07, 6.45) is 1.26. The molecule has 0 aliphatic carbocycles. The van der Waals surface area contributed by atoms with Crippen molar-refractivity contribution in [2.75, 3.05) is 25.1 Å². The quantitative estimate of drug-likeness (QED) is 0.667. The van der Waals surface area contributed by atoms with Gasteiger partial charge in [-0.25, -0.2) is 8.42 Å². The van der Waals surface area contributed by atoms with Crippen LogP contribution < -0.4 is 5.32 Å². The molecule has 0 saturated carbocycles. The predicted molar refractivity (Wildman–Crippen MR) is 52.0 cm³/mol. The summed E-state index contributed by atoms with van der Waals surface area (Å²) < 4.78 is 21.4. The number of hydrogen-bond acceptors (Lipinski definition) is 3. The molecule has 1 N–H and O–H groups in total. The highest BCUT2D eigenvalue weighted by Crippen LogP contribution is 2.09. The van der Waals surface area contributed by atoms with Crippen molar-refractivity contribution < 1.29 is 8.42 Å².